The third kappa shape index (κ3) is 2.43. The quantitative estimate of drug-likeness (QED) is 0.816. The Labute approximate surface area is 111 Å². The summed E-state index contributed by atoms with van der Waals surface area (Å²) in [6.45, 7) is 3.46. The zero-order valence-electron chi connectivity index (χ0n) is 10.7. The van der Waals surface area contributed by atoms with Gasteiger partial charge in [0.25, 0.3) is 0 Å². The lowest BCUT2D eigenvalue weighted by Gasteiger charge is -2.26. The van der Waals surface area contributed by atoms with Crippen molar-refractivity contribution in [2.75, 3.05) is 32.9 Å². The summed E-state index contributed by atoms with van der Waals surface area (Å²) in [6, 6.07) is 3.67. The molecule has 2 aliphatic rings. The minimum absolute atomic E-state index is 0.0510. The zero-order chi connectivity index (χ0) is 13.1. The maximum absolute atomic E-state index is 11.1. The van der Waals surface area contributed by atoms with Crippen LogP contribution >= 0.6 is 0 Å². The predicted molar refractivity (Wildman–Crippen MR) is 69.0 cm³/mol. The molecule has 0 radical (unpaired) electrons. The number of rotatable bonds is 2. The van der Waals surface area contributed by atoms with Gasteiger partial charge in [-0.1, -0.05) is 6.07 Å². The van der Waals surface area contributed by atoms with Crippen molar-refractivity contribution < 1.29 is 19.0 Å². The number of morpholine rings is 1. The number of hydrogen-bond donors (Lipinski definition) is 1. The molecule has 2 aliphatic heterocycles. The lowest BCUT2D eigenvalue weighted by atomic mass is 10.0. The predicted octanol–water partition coefficient (Wildman–Crippen LogP) is 1.32. The summed E-state index contributed by atoms with van der Waals surface area (Å²) >= 11 is 0. The Morgan fingerprint density at radius 1 is 1.16 bits per heavy atom. The van der Waals surface area contributed by atoms with Gasteiger partial charge in [0.2, 0.25) is 0 Å². The second kappa shape index (κ2) is 5.59. The van der Waals surface area contributed by atoms with Crippen molar-refractivity contribution in [1.82, 2.24) is 5.32 Å². The summed E-state index contributed by atoms with van der Waals surface area (Å²) in [7, 11) is 0. The summed E-state index contributed by atoms with van der Waals surface area (Å²) in [5.74, 6) is 1.22. The number of aldehydes is 1. The largest absolute Gasteiger partial charge is 0.489 e. The van der Waals surface area contributed by atoms with Crippen LogP contribution in [0.2, 0.25) is 0 Å². The number of carbonyl (C=O) groups excluding carboxylic acids is 1. The van der Waals surface area contributed by atoms with Crippen LogP contribution in [0.5, 0.6) is 11.5 Å². The summed E-state index contributed by atoms with van der Waals surface area (Å²) in [5.41, 5.74) is 1.49. The first kappa shape index (κ1) is 12.4. The molecule has 1 unspecified atom stereocenters. The molecule has 5 heteroatoms. The Bertz CT molecular complexity index is 469. The number of ether oxygens (including phenoxy) is 3. The van der Waals surface area contributed by atoms with Gasteiger partial charge in [0.15, 0.2) is 17.8 Å². The average molecular weight is 263 g/mol. The van der Waals surface area contributed by atoms with Crippen molar-refractivity contribution in [3.05, 3.63) is 23.3 Å². The second-order valence-electron chi connectivity index (χ2n) is 4.63. The fourth-order valence-corrected chi connectivity index (χ4v) is 2.41. The molecule has 0 aromatic heterocycles. The van der Waals surface area contributed by atoms with E-state index in [-0.39, 0.29) is 6.10 Å². The highest BCUT2D eigenvalue weighted by atomic mass is 16.5. The van der Waals surface area contributed by atoms with Crippen molar-refractivity contribution in [2.24, 2.45) is 0 Å². The summed E-state index contributed by atoms with van der Waals surface area (Å²) < 4.78 is 17.2. The molecule has 5 nitrogen and oxygen atoms in total. The topological polar surface area (TPSA) is 56.8 Å². The van der Waals surface area contributed by atoms with Gasteiger partial charge < -0.3 is 19.5 Å². The van der Waals surface area contributed by atoms with Gasteiger partial charge >= 0.3 is 0 Å². The maximum Gasteiger partial charge on any atom is 0.172 e. The van der Waals surface area contributed by atoms with Crippen LogP contribution in [0, 0.1) is 0 Å². The molecule has 0 spiro atoms. The minimum Gasteiger partial charge on any atom is -0.489 e. The van der Waals surface area contributed by atoms with Gasteiger partial charge in [-0.05, 0) is 6.07 Å². The third-order valence-corrected chi connectivity index (χ3v) is 3.36. The van der Waals surface area contributed by atoms with Gasteiger partial charge in [0, 0.05) is 25.1 Å². The van der Waals surface area contributed by atoms with Crippen molar-refractivity contribution in [1.29, 1.82) is 0 Å². The molecule has 3 rings (SSSR count). The number of fused-ring (bicyclic) bond motifs is 1. The van der Waals surface area contributed by atoms with E-state index in [1.165, 1.54) is 0 Å². The van der Waals surface area contributed by atoms with Crippen LogP contribution in [0.1, 0.15) is 28.4 Å². The molecule has 0 amide bonds. The first-order valence-corrected chi connectivity index (χ1v) is 6.60. The van der Waals surface area contributed by atoms with Crippen LogP contribution in [0.4, 0.5) is 0 Å². The molecule has 1 aromatic rings. The minimum atomic E-state index is -0.0510. The van der Waals surface area contributed by atoms with E-state index in [1.54, 1.807) is 6.07 Å². The van der Waals surface area contributed by atoms with E-state index in [0.717, 1.165) is 31.4 Å². The van der Waals surface area contributed by atoms with E-state index >= 15 is 0 Å². The molecule has 0 aliphatic carbocycles. The van der Waals surface area contributed by atoms with E-state index in [4.69, 9.17) is 14.2 Å². The van der Waals surface area contributed by atoms with Crippen LogP contribution < -0.4 is 14.8 Å². The first-order valence-electron chi connectivity index (χ1n) is 6.60. The molecule has 2 heterocycles. The maximum atomic E-state index is 11.1. The molecule has 0 saturated carbocycles. The summed E-state index contributed by atoms with van der Waals surface area (Å²) in [4.78, 5) is 11.1. The van der Waals surface area contributed by atoms with Gasteiger partial charge in [-0.15, -0.1) is 0 Å². The Balaban J connectivity index is 2.01. The normalized spacial score (nSPS) is 22.6. The Morgan fingerprint density at radius 2 is 2.00 bits per heavy atom. The first-order chi connectivity index (χ1) is 9.40. The Hall–Kier alpha value is -1.59. The highest BCUT2D eigenvalue weighted by Gasteiger charge is 2.25. The second-order valence-corrected chi connectivity index (χ2v) is 4.63. The molecular formula is C14H17NO4. The van der Waals surface area contributed by atoms with Gasteiger partial charge in [-0.2, -0.15) is 0 Å². The molecule has 1 N–H and O–H groups in total. The van der Waals surface area contributed by atoms with Gasteiger partial charge in [0.05, 0.1) is 31.5 Å². The Kier molecular flexibility index (Phi) is 3.66. The molecule has 1 fully saturated rings. The SMILES string of the molecule is O=Cc1ccc(C2CNCCO2)c2c1OCCCO2. The number of carbonyl (C=O) groups is 1. The highest BCUT2D eigenvalue weighted by molar-refractivity contribution is 5.82. The standard InChI is InChI=1S/C14H17NO4/c16-9-10-2-3-11(12-8-15-4-7-17-12)14-13(10)18-5-1-6-19-14/h2-3,9,12,15H,1,4-8H2. The fourth-order valence-electron chi connectivity index (χ4n) is 2.41. The van der Waals surface area contributed by atoms with Gasteiger partial charge in [-0.25, -0.2) is 0 Å². The van der Waals surface area contributed by atoms with Crippen molar-refractivity contribution >= 4 is 6.29 Å². The molecule has 19 heavy (non-hydrogen) atoms. The van der Waals surface area contributed by atoms with Gasteiger partial charge in [0.1, 0.15) is 0 Å². The van der Waals surface area contributed by atoms with E-state index in [2.05, 4.69) is 5.32 Å². The van der Waals surface area contributed by atoms with Crippen molar-refractivity contribution in [2.45, 2.75) is 12.5 Å². The van der Waals surface area contributed by atoms with E-state index in [0.29, 0.717) is 36.9 Å². The highest BCUT2D eigenvalue weighted by Crippen LogP contribution is 2.40. The Morgan fingerprint density at radius 3 is 2.74 bits per heavy atom. The average Bonchev–Trinajstić information content (AvgIpc) is 2.73. The third-order valence-electron chi connectivity index (χ3n) is 3.36. The monoisotopic (exact) mass is 263 g/mol. The molecule has 1 atom stereocenters. The molecular weight excluding hydrogens is 246 g/mol. The van der Waals surface area contributed by atoms with Crippen LogP contribution in [-0.4, -0.2) is 39.2 Å². The molecule has 102 valence electrons. The lowest BCUT2D eigenvalue weighted by molar-refractivity contribution is 0.0258. The molecule has 1 aromatic carbocycles. The van der Waals surface area contributed by atoms with Crippen molar-refractivity contribution in [3.63, 3.8) is 0 Å². The van der Waals surface area contributed by atoms with Crippen LogP contribution in [0.25, 0.3) is 0 Å². The van der Waals surface area contributed by atoms with Crippen LogP contribution in [0.3, 0.4) is 0 Å². The lowest BCUT2D eigenvalue weighted by Crippen LogP contribution is -2.33. The zero-order valence-corrected chi connectivity index (χ0v) is 10.7. The number of hydrogen-bond acceptors (Lipinski definition) is 5. The van der Waals surface area contributed by atoms with E-state index in [9.17, 15) is 4.79 Å². The summed E-state index contributed by atoms with van der Waals surface area (Å²) in [5, 5.41) is 3.29. The van der Waals surface area contributed by atoms with E-state index in [1.807, 2.05) is 6.07 Å². The summed E-state index contributed by atoms with van der Waals surface area (Å²) in [6.07, 6.45) is 1.57. The van der Waals surface area contributed by atoms with Crippen LogP contribution in [-0.2, 0) is 4.74 Å². The van der Waals surface area contributed by atoms with Crippen LogP contribution in [0.15, 0.2) is 12.1 Å². The number of benzene rings is 1. The molecule has 1 saturated heterocycles. The van der Waals surface area contributed by atoms with Gasteiger partial charge in [-0.3, -0.25) is 4.79 Å². The fraction of sp³-hybridized carbons (Fsp3) is 0.500. The smallest absolute Gasteiger partial charge is 0.172 e. The molecule has 0 bridgehead atoms. The number of nitrogens with one attached hydrogen (secondary N) is 1. The van der Waals surface area contributed by atoms with Crippen molar-refractivity contribution in [3.8, 4) is 11.5 Å². The van der Waals surface area contributed by atoms with E-state index < -0.39 is 0 Å².